The number of nitrogens with two attached hydrogens (primary N) is 1. The number of hydrogen-bond donors (Lipinski definition) is 2. The van der Waals surface area contributed by atoms with E-state index in [1.54, 1.807) is 0 Å². The predicted octanol–water partition coefficient (Wildman–Crippen LogP) is 3.96. The van der Waals surface area contributed by atoms with Crippen LogP contribution in [0.3, 0.4) is 0 Å². The number of aromatic nitrogens is 1. The lowest BCUT2D eigenvalue weighted by atomic mass is 10.1. The van der Waals surface area contributed by atoms with Crippen molar-refractivity contribution >= 4 is 41.4 Å². The predicted molar refractivity (Wildman–Crippen MR) is 121 cm³/mol. The number of rotatable bonds is 6. The minimum atomic E-state index is 0. The molecule has 1 aromatic heterocycles. The maximum absolute atomic E-state index is 6.03. The number of aryl methyl sites for hydroxylation is 2. The highest BCUT2D eigenvalue weighted by atomic mass is 127. The van der Waals surface area contributed by atoms with Crippen LogP contribution in [0.1, 0.15) is 37.0 Å². The molecule has 5 nitrogen and oxygen atoms in total. The van der Waals surface area contributed by atoms with Crippen molar-refractivity contribution in [2.75, 3.05) is 23.3 Å². The molecule has 0 atom stereocenters. The second-order valence-electron chi connectivity index (χ2n) is 6.36. The normalized spacial score (nSPS) is 13.1. The molecular weight excluding hydrogens is 437 g/mol. The molecule has 0 aliphatic heterocycles. The summed E-state index contributed by atoms with van der Waals surface area (Å²) in [6.45, 7) is 6.70. The van der Waals surface area contributed by atoms with Gasteiger partial charge in [-0.05, 0) is 68.0 Å². The van der Waals surface area contributed by atoms with Crippen LogP contribution < -0.4 is 16.0 Å². The van der Waals surface area contributed by atoms with Crippen molar-refractivity contribution < 1.29 is 0 Å². The van der Waals surface area contributed by atoms with E-state index in [4.69, 9.17) is 5.73 Å². The van der Waals surface area contributed by atoms with Gasteiger partial charge in [-0.2, -0.15) is 0 Å². The van der Waals surface area contributed by atoms with Crippen LogP contribution in [0.5, 0.6) is 0 Å². The molecule has 1 aliphatic rings. The summed E-state index contributed by atoms with van der Waals surface area (Å²) in [6.07, 6.45) is 5.47. The Hall–Kier alpha value is -1.83. The van der Waals surface area contributed by atoms with Gasteiger partial charge < -0.3 is 16.0 Å². The molecule has 0 unspecified atom stereocenters. The minimum absolute atomic E-state index is 0. The summed E-state index contributed by atoms with van der Waals surface area (Å²) >= 11 is 0. The third-order valence-corrected chi connectivity index (χ3v) is 4.70. The van der Waals surface area contributed by atoms with E-state index >= 15 is 0 Å². The van der Waals surface area contributed by atoms with E-state index in [1.165, 1.54) is 24.0 Å². The van der Waals surface area contributed by atoms with E-state index in [0.717, 1.165) is 36.6 Å². The fourth-order valence-corrected chi connectivity index (χ4v) is 3.26. The van der Waals surface area contributed by atoms with Gasteiger partial charge in [0.1, 0.15) is 5.82 Å². The van der Waals surface area contributed by atoms with Gasteiger partial charge in [-0.25, -0.2) is 9.98 Å². The lowest BCUT2D eigenvalue weighted by molar-refractivity contribution is 0.843. The summed E-state index contributed by atoms with van der Waals surface area (Å²) in [6, 6.07) is 10.6. The Kier molecular flexibility index (Phi) is 7.68. The summed E-state index contributed by atoms with van der Waals surface area (Å²) in [4.78, 5) is 11.2. The highest BCUT2D eigenvalue weighted by molar-refractivity contribution is 14.0. The average Bonchev–Trinajstić information content (AvgIpc) is 3.10. The van der Waals surface area contributed by atoms with Crippen molar-refractivity contribution in [2.24, 2.45) is 10.7 Å². The number of fused-ring (bicyclic) bond motifs is 1. The number of guanidine groups is 1. The standard InChI is InChI=1S/C20H27N5.HI/c1-3-25(4-2)19-11-8-15(13-22-19)14-23-20(21)24-18-10-9-16-6-5-7-17(16)12-18;/h8-13H,3-7,14H2,1-2H3,(H3,21,23,24);1H. The maximum Gasteiger partial charge on any atom is 0.193 e. The van der Waals surface area contributed by atoms with Crippen molar-refractivity contribution in [3.63, 3.8) is 0 Å². The Balaban J connectivity index is 0.00000243. The van der Waals surface area contributed by atoms with Crippen molar-refractivity contribution in [1.29, 1.82) is 0 Å². The number of anilines is 2. The SMILES string of the molecule is CCN(CC)c1ccc(CN=C(N)Nc2ccc3c(c2)CCC3)cn1.I. The zero-order valence-corrected chi connectivity index (χ0v) is 17.9. The molecule has 0 amide bonds. The van der Waals surface area contributed by atoms with Gasteiger partial charge in [0, 0.05) is 25.0 Å². The molecular formula is C20H28IN5. The second-order valence-corrected chi connectivity index (χ2v) is 6.36. The summed E-state index contributed by atoms with van der Waals surface area (Å²) < 4.78 is 0. The number of pyridine rings is 1. The first-order chi connectivity index (χ1) is 12.2. The van der Waals surface area contributed by atoms with E-state index < -0.39 is 0 Å². The molecule has 1 aliphatic carbocycles. The van der Waals surface area contributed by atoms with E-state index in [-0.39, 0.29) is 24.0 Å². The van der Waals surface area contributed by atoms with Gasteiger partial charge in [-0.15, -0.1) is 24.0 Å². The maximum atomic E-state index is 6.03. The Morgan fingerprint density at radius 2 is 1.92 bits per heavy atom. The minimum Gasteiger partial charge on any atom is -0.370 e. The van der Waals surface area contributed by atoms with Crippen LogP contribution in [0.2, 0.25) is 0 Å². The number of nitrogens with zero attached hydrogens (tertiary/aromatic N) is 3. The largest absolute Gasteiger partial charge is 0.370 e. The molecule has 1 heterocycles. The van der Waals surface area contributed by atoms with E-state index in [9.17, 15) is 0 Å². The van der Waals surface area contributed by atoms with Crippen LogP contribution >= 0.6 is 24.0 Å². The van der Waals surface area contributed by atoms with Crippen LogP contribution in [0.15, 0.2) is 41.5 Å². The molecule has 3 rings (SSSR count). The summed E-state index contributed by atoms with van der Waals surface area (Å²) in [5.41, 5.74) is 11.0. The monoisotopic (exact) mass is 465 g/mol. The fourth-order valence-electron chi connectivity index (χ4n) is 3.26. The van der Waals surface area contributed by atoms with Gasteiger partial charge >= 0.3 is 0 Å². The lowest BCUT2D eigenvalue weighted by Crippen LogP contribution is -2.23. The van der Waals surface area contributed by atoms with Crippen molar-refractivity contribution in [3.05, 3.63) is 53.2 Å². The number of aliphatic imine (C=N–C) groups is 1. The van der Waals surface area contributed by atoms with Crippen LogP contribution in [-0.2, 0) is 19.4 Å². The first-order valence-electron chi connectivity index (χ1n) is 9.08. The topological polar surface area (TPSA) is 66.5 Å². The van der Waals surface area contributed by atoms with Crippen LogP contribution in [0.25, 0.3) is 0 Å². The molecule has 0 saturated carbocycles. The number of halogens is 1. The zero-order valence-electron chi connectivity index (χ0n) is 15.5. The molecule has 0 fully saturated rings. The van der Waals surface area contributed by atoms with Crippen molar-refractivity contribution in [3.8, 4) is 0 Å². The first kappa shape index (κ1) is 20.5. The van der Waals surface area contributed by atoms with E-state index in [0.29, 0.717) is 12.5 Å². The molecule has 3 N–H and O–H groups in total. The Morgan fingerprint density at radius 1 is 1.15 bits per heavy atom. The van der Waals surface area contributed by atoms with Gasteiger partial charge in [-0.3, -0.25) is 0 Å². The molecule has 0 saturated heterocycles. The van der Waals surface area contributed by atoms with E-state index in [1.807, 2.05) is 12.3 Å². The van der Waals surface area contributed by atoms with E-state index in [2.05, 4.69) is 58.3 Å². The summed E-state index contributed by atoms with van der Waals surface area (Å²) in [7, 11) is 0. The molecule has 140 valence electrons. The molecule has 26 heavy (non-hydrogen) atoms. The fraction of sp³-hybridized carbons (Fsp3) is 0.400. The quantitative estimate of drug-likeness (QED) is 0.385. The van der Waals surface area contributed by atoms with Crippen molar-refractivity contribution in [1.82, 2.24) is 4.98 Å². The van der Waals surface area contributed by atoms with Gasteiger partial charge in [0.15, 0.2) is 5.96 Å². The molecule has 0 spiro atoms. The average molecular weight is 465 g/mol. The van der Waals surface area contributed by atoms with Gasteiger partial charge in [0.05, 0.1) is 6.54 Å². The molecule has 6 heteroatoms. The first-order valence-corrected chi connectivity index (χ1v) is 9.08. The molecule has 2 aromatic rings. The summed E-state index contributed by atoms with van der Waals surface area (Å²) in [5.74, 6) is 1.44. The third-order valence-electron chi connectivity index (χ3n) is 4.70. The Morgan fingerprint density at radius 3 is 2.62 bits per heavy atom. The molecule has 0 radical (unpaired) electrons. The Bertz CT molecular complexity index is 738. The lowest BCUT2D eigenvalue weighted by Gasteiger charge is -2.19. The van der Waals surface area contributed by atoms with Crippen LogP contribution in [0, 0.1) is 0 Å². The highest BCUT2D eigenvalue weighted by Crippen LogP contribution is 2.24. The number of benzene rings is 1. The zero-order chi connectivity index (χ0) is 17.6. The van der Waals surface area contributed by atoms with Crippen LogP contribution in [0.4, 0.5) is 11.5 Å². The van der Waals surface area contributed by atoms with Gasteiger partial charge in [0.2, 0.25) is 0 Å². The number of nitrogens with one attached hydrogen (secondary N) is 1. The third kappa shape index (κ3) is 5.09. The number of hydrogen-bond acceptors (Lipinski definition) is 3. The molecule has 1 aromatic carbocycles. The van der Waals surface area contributed by atoms with Gasteiger partial charge in [0.25, 0.3) is 0 Å². The molecule has 0 bridgehead atoms. The van der Waals surface area contributed by atoms with Crippen molar-refractivity contribution in [2.45, 2.75) is 39.7 Å². The highest BCUT2D eigenvalue weighted by Gasteiger charge is 2.10. The second kappa shape index (κ2) is 9.75. The van der Waals surface area contributed by atoms with Gasteiger partial charge in [-0.1, -0.05) is 12.1 Å². The summed E-state index contributed by atoms with van der Waals surface area (Å²) in [5, 5.41) is 3.19. The Labute approximate surface area is 173 Å². The van der Waals surface area contributed by atoms with Crippen LogP contribution in [-0.4, -0.2) is 24.0 Å². The smallest absolute Gasteiger partial charge is 0.193 e.